The van der Waals surface area contributed by atoms with Gasteiger partial charge in [-0.25, -0.2) is 4.79 Å². The van der Waals surface area contributed by atoms with Gasteiger partial charge in [-0.3, -0.25) is 9.59 Å². The number of hydrogen-bond donors (Lipinski definition) is 2. The van der Waals surface area contributed by atoms with Gasteiger partial charge in [0.1, 0.15) is 6.61 Å². The summed E-state index contributed by atoms with van der Waals surface area (Å²) in [4.78, 5) is 35.9. The smallest absolute Gasteiger partial charge is 0.329 e. The van der Waals surface area contributed by atoms with Crippen molar-refractivity contribution >= 4 is 29.4 Å². The second-order valence-corrected chi connectivity index (χ2v) is 8.47. The third kappa shape index (κ3) is 8.13. The molecule has 1 heterocycles. The number of piperidine rings is 1. The zero-order valence-electron chi connectivity index (χ0n) is 20.6. The highest BCUT2D eigenvalue weighted by atomic mass is 35.5. The summed E-state index contributed by atoms with van der Waals surface area (Å²) in [5, 5.41) is 18.2. The van der Waals surface area contributed by atoms with Crippen LogP contribution in [-0.2, 0) is 25.5 Å². The Morgan fingerprint density at radius 1 is 1.06 bits per heavy atom. The Balaban J connectivity index is 0.000000572. The standard InChI is InChI=1S/C22H24ClNO5.C4H8O3/c1-28-18-9-3-14(13-19(18)29-2)11-12-24-20(25)10-8-17(22(26)27)21(24)15-4-6-16(23)7-5-15;1-2-7-3-4(5)6/h3-7,9,13,17,21H,8,10-12H2,1-2H3,(H,26,27);2-3H2,1H3,(H,5,6). The molecule has 0 aromatic heterocycles. The molecule has 1 amide bonds. The normalized spacial score (nSPS) is 17.1. The zero-order chi connectivity index (χ0) is 26.7. The quantitative estimate of drug-likeness (QED) is 0.479. The van der Waals surface area contributed by atoms with E-state index in [0.29, 0.717) is 42.5 Å². The Morgan fingerprint density at radius 3 is 2.25 bits per heavy atom. The van der Waals surface area contributed by atoms with E-state index in [2.05, 4.69) is 4.74 Å². The average Bonchev–Trinajstić information content (AvgIpc) is 2.87. The van der Waals surface area contributed by atoms with Crippen LogP contribution in [0.4, 0.5) is 0 Å². The second-order valence-electron chi connectivity index (χ2n) is 8.04. The molecule has 1 saturated heterocycles. The topological polar surface area (TPSA) is 123 Å². The summed E-state index contributed by atoms with van der Waals surface area (Å²) in [6, 6.07) is 12.1. The monoisotopic (exact) mass is 521 g/mol. The van der Waals surface area contributed by atoms with Gasteiger partial charge in [0, 0.05) is 24.6 Å². The van der Waals surface area contributed by atoms with E-state index in [1.807, 2.05) is 18.2 Å². The molecule has 2 N–H and O–H groups in total. The number of carbonyl (C=O) groups is 3. The predicted octanol–water partition coefficient (Wildman–Crippen LogP) is 4.07. The van der Waals surface area contributed by atoms with Gasteiger partial charge in [0.2, 0.25) is 5.91 Å². The van der Waals surface area contributed by atoms with Crippen molar-refractivity contribution in [3.63, 3.8) is 0 Å². The van der Waals surface area contributed by atoms with E-state index in [1.54, 1.807) is 50.3 Å². The summed E-state index contributed by atoms with van der Waals surface area (Å²) >= 11 is 5.99. The van der Waals surface area contributed by atoms with E-state index in [1.165, 1.54) is 0 Å². The lowest BCUT2D eigenvalue weighted by atomic mass is 9.84. The highest BCUT2D eigenvalue weighted by Crippen LogP contribution is 2.37. The highest BCUT2D eigenvalue weighted by Gasteiger charge is 2.40. The second kappa shape index (κ2) is 14.3. The average molecular weight is 522 g/mol. The molecule has 1 aliphatic heterocycles. The minimum atomic E-state index is -0.915. The molecule has 196 valence electrons. The fourth-order valence-corrected chi connectivity index (χ4v) is 4.15. The molecule has 2 unspecified atom stereocenters. The van der Waals surface area contributed by atoms with Crippen LogP contribution < -0.4 is 9.47 Å². The van der Waals surface area contributed by atoms with Crippen LogP contribution in [-0.4, -0.2) is 66.9 Å². The maximum absolute atomic E-state index is 12.7. The molecule has 9 nitrogen and oxygen atoms in total. The van der Waals surface area contributed by atoms with Crippen LogP contribution in [0.25, 0.3) is 0 Å². The third-order valence-electron chi connectivity index (χ3n) is 5.75. The van der Waals surface area contributed by atoms with Crippen LogP contribution >= 0.6 is 11.6 Å². The number of halogens is 1. The first kappa shape index (κ1) is 28.9. The number of nitrogens with zero attached hydrogens (tertiary/aromatic N) is 1. The van der Waals surface area contributed by atoms with Gasteiger partial charge in [-0.05, 0) is 55.2 Å². The first-order valence-electron chi connectivity index (χ1n) is 11.5. The lowest BCUT2D eigenvalue weighted by Gasteiger charge is -2.40. The van der Waals surface area contributed by atoms with Crippen LogP contribution in [0, 0.1) is 5.92 Å². The van der Waals surface area contributed by atoms with Gasteiger partial charge in [-0.15, -0.1) is 0 Å². The first-order valence-corrected chi connectivity index (χ1v) is 11.9. The van der Waals surface area contributed by atoms with E-state index in [-0.39, 0.29) is 18.9 Å². The summed E-state index contributed by atoms with van der Waals surface area (Å²) in [5.74, 6) is -1.25. The van der Waals surface area contributed by atoms with Gasteiger partial charge in [0.25, 0.3) is 0 Å². The molecule has 36 heavy (non-hydrogen) atoms. The van der Waals surface area contributed by atoms with E-state index in [0.717, 1.165) is 11.1 Å². The molecule has 1 fully saturated rings. The number of hydrogen-bond acceptors (Lipinski definition) is 6. The van der Waals surface area contributed by atoms with Gasteiger partial charge >= 0.3 is 11.9 Å². The molecule has 1 aliphatic rings. The van der Waals surface area contributed by atoms with Crippen LogP contribution in [0.2, 0.25) is 5.02 Å². The summed E-state index contributed by atoms with van der Waals surface area (Å²) in [5.41, 5.74) is 1.75. The predicted molar refractivity (Wildman–Crippen MR) is 134 cm³/mol. The summed E-state index contributed by atoms with van der Waals surface area (Å²) in [6.07, 6.45) is 1.13. The maximum atomic E-state index is 12.7. The van der Waals surface area contributed by atoms with Crippen molar-refractivity contribution in [2.75, 3.05) is 34.0 Å². The Morgan fingerprint density at radius 2 is 1.72 bits per heavy atom. The lowest BCUT2D eigenvalue weighted by Crippen LogP contribution is -2.46. The van der Waals surface area contributed by atoms with E-state index < -0.39 is 23.9 Å². The molecule has 3 rings (SSSR count). The SMILES string of the molecule is CCOCC(=O)O.COc1ccc(CCN2C(=O)CCC(C(=O)O)C2c2ccc(Cl)cc2)cc1OC. The molecule has 0 saturated carbocycles. The van der Waals surface area contributed by atoms with Gasteiger partial charge < -0.3 is 29.3 Å². The Labute approximate surface area is 215 Å². The summed E-state index contributed by atoms with van der Waals surface area (Å²) < 4.78 is 15.1. The van der Waals surface area contributed by atoms with Crippen molar-refractivity contribution in [1.82, 2.24) is 4.90 Å². The number of amides is 1. The number of rotatable bonds is 10. The molecule has 0 bridgehead atoms. The zero-order valence-corrected chi connectivity index (χ0v) is 21.4. The van der Waals surface area contributed by atoms with Crippen LogP contribution in [0.5, 0.6) is 11.5 Å². The van der Waals surface area contributed by atoms with Crippen molar-refractivity contribution in [1.29, 1.82) is 0 Å². The van der Waals surface area contributed by atoms with Crippen molar-refractivity contribution in [2.45, 2.75) is 32.2 Å². The number of carbonyl (C=O) groups excluding carboxylic acids is 1. The van der Waals surface area contributed by atoms with Gasteiger partial charge in [-0.1, -0.05) is 29.8 Å². The third-order valence-corrected chi connectivity index (χ3v) is 6.01. The first-order chi connectivity index (χ1) is 17.2. The molecule has 0 aliphatic carbocycles. The highest BCUT2D eigenvalue weighted by molar-refractivity contribution is 6.30. The van der Waals surface area contributed by atoms with Crippen molar-refractivity contribution < 1.29 is 38.8 Å². The van der Waals surface area contributed by atoms with Crippen LogP contribution in [0.15, 0.2) is 42.5 Å². The summed E-state index contributed by atoms with van der Waals surface area (Å²) in [6.45, 7) is 2.44. The number of carboxylic acid groups (broad SMARTS) is 2. The number of likely N-dealkylation sites (tertiary alicyclic amines) is 1. The van der Waals surface area contributed by atoms with Gasteiger partial charge in [-0.2, -0.15) is 0 Å². The Kier molecular flexibility index (Phi) is 11.5. The van der Waals surface area contributed by atoms with Crippen molar-refractivity contribution in [2.24, 2.45) is 5.92 Å². The van der Waals surface area contributed by atoms with Crippen molar-refractivity contribution in [3.05, 3.63) is 58.6 Å². The number of methoxy groups -OCH3 is 2. The number of benzene rings is 2. The van der Waals surface area contributed by atoms with E-state index in [9.17, 15) is 19.5 Å². The number of ether oxygens (including phenoxy) is 3. The summed E-state index contributed by atoms with van der Waals surface area (Å²) in [7, 11) is 3.15. The molecular weight excluding hydrogens is 490 g/mol. The Bertz CT molecular complexity index is 1030. The van der Waals surface area contributed by atoms with E-state index >= 15 is 0 Å². The Hall–Kier alpha value is -3.30. The molecule has 0 spiro atoms. The van der Waals surface area contributed by atoms with E-state index in [4.69, 9.17) is 26.2 Å². The largest absolute Gasteiger partial charge is 0.493 e. The lowest BCUT2D eigenvalue weighted by molar-refractivity contribution is -0.152. The minimum absolute atomic E-state index is 0.0390. The molecule has 2 aromatic carbocycles. The molecule has 0 radical (unpaired) electrons. The molecule has 2 aromatic rings. The van der Waals surface area contributed by atoms with Crippen LogP contribution in [0.3, 0.4) is 0 Å². The van der Waals surface area contributed by atoms with Crippen molar-refractivity contribution in [3.8, 4) is 11.5 Å². The molecule has 2 atom stereocenters. The fourth-order valence-electron chi connectivity index (χ4n) is 4.02. The van der Waals surface area contributed by atoms with Gasteiger partial charge in [0.05, 0.1) is 26.2 Å². The number of carboxylic acids is 2. The van der Waals surface area contributed by atoms with Crippen LogP contribution in [0.1, 0.15) is 36.9 Å². The fraction of sp³-hybridized carbons (Fsp3) is 0.423. The maximum Gasteiger partial charge on any atom is 0.329 e. The minimum Gasteiger partial charge on any atom is -0.493 e. The molecule has 10 heteroatoms. The van der Waals surface area contributed by atoms with Gasteiger partial charge in [0.15, 0.2) is 11.5 Å². The molecular formula is C26H32ClNO8. The number of aliphatic carboxylic acids is 2.